The summed E-state index contributed by atoms with van der Waals surface area (Å²) in [6.07, 6.45) is -0.828. The fourth-order valence-electron chi connectivity index (χ4n) is 2.73. The van der Waals surface area contributed by atoms with Crippen LogP contribution >= 0.6 is 0 Å². The highest BCUT2D eigenvalue weighted by Gasteiger charge is 2.11. The van der Waals surface area contributed by atoms with Crippen molar-refractivity contribution in [1.29, 1.82) is 0 Å². The molecule has 0 fully saturated rings. The van der Waals surface area contributed by atoms with E-state index < -0.39 is 12.0 Å². The van der Waals surface area contributed by atoms with Crippen LogP contribution in [0.3, 0.4) is 0 Å². The van der Waals surface area contributed by atoms with E-state index in [4.69, 9.17) is 15.2 Å². The molecule has 2 amide bonds. The summed E-state index contributed by atoms with van der Waals surface area (Å²) in [5.74, 6) is 0.964. The maximum atomic E-state index is 12.3. The average Bonchev–Trinajstić information content (AvgIpc) is 2.78. The first-order valence-electron chi connectivity index (χ1n) is 9.24. The molecule has 0 radical (unpaired) electrons. The number of carbonyl (C=O) groups excluding carboxylic acids is 2. The summed E-state index contributed by atoms with van der Waals surface area (Å²) in [5.41, 5.74) is 6.73. The molecule has 3 rings (SSSR count). The van der Waals surface area contributed by atoms with Crippen LogP contribution in [0.25, 0.3) is 0 Å². The molecule has 154 valence electrons. The molecule has 3 aromatic rings. The van der Waals surface area contributed by atoms with E-state index in [1.54, 1.807) is 79.9 Å². The monoisotopic (exact) mass is 406 g/mol. The smallest absolute Gasteiger partial charge is 0.251 e. The van der Waals surface area contributed by atoms with E-state index >= 15 is 0 Å². The van der Waals surface area contributed by atoms with Gasteiger partial charge in [0.15, 0.2) is 0 Å². The van der Waals surface area contributed by atoms with Gasteiger partial charge in [0, 0.05) is 17.7 Å². The predicted molar refractivity (Wildman–Crippen MR) is 112 cm³/mol. The third-order valence-corrected chi connectivity index (χ3v) is 4.45. The molecule has 1 unspecified atom stereocenters. The van der Waals surface area contributed by atoms with Crippen molar-refractivity contribution in [2.45, 2.75) is 6.10 Å². The molecule has 0 saturated heterocycles. The van der Waals surface area contributed by atoms with Crippen LogP contribution < -0.4 is 20.5 Å². The third-order valence-electron chi connectivity index (χ3n) is 4.45. The average molecular weight is 406 g/mol. The molecule has 7 heteroatoms. The van der Waals surface area contributed by atoms with Gasteiger partial charge in [-0.25, -0.2) is 0 Å². The molecule has 0 bridgehead atoms. The van der Waals surface area contributed by atoms with E-state index in [2.05, 4.69) is 5.32 Å². The Kier molecular flexibility index (Phi) is 6.67. The number of benzene rings is 3. The van der Waals surface area contributed by atoms with Gasteiger partial charge in [0.2, 0.25) is 5.91 Å². The fraction of sp³-hybridized carbons (Fsp3) is 0.130. The van der Waals surface area contributed by atoms with Crippen LogP contribution in [0.5, 0.6) is 17.2 Å². The molecule has 4 N–H and O–H groups in total. The van der Waals surface area contributed by atoms with Crippen LogP contribution in [0.4, 0.5) is 0 Å². The summed E-state index contributed by atoms with van der Waals surface area (Å²) in [4.78, 5) is 23.4. The zero-order chi connectivity index (χ0) is 21.5. The number of ether oxygens (including phenoxy) is 2. The Labute approximate surface area is 174 Å². The number of aliphatic hydroxyl groups is 1. The zero-order valence-corrected chi connectivity index (χ0v) is 16.4. The normalized spacial score (nSPS) is 11.4. The standard InChI is InChI=1S/C23H22N2O5/c1-29-18-8-2-15(3-9-18)21(26)14-25-23(28)17-6-12-20(13-7-17)30-19-10-4-16(5-11-19)22(24)27/h2-13,21,26H,14H2,1H3,(H2,24,27)(H,25,28). The third kappa shape index (κ3) is 5.36. The Bertz CT molecular complexity index is 999. The van der Waals surface area contributed by atoms with Gasteiger partial charge in [0.1, 0.15) is 17.2 Å². The number of aliphatic hydroxyl groups excluding tert-OH is 1. The van der Waals surface area contributed by atoms with Gasteiger partial charge in [0.25, 0.3) is 5.91 Å². The number of nitrogens with one attached hydrogen (secondary N) is 1. The number of rotatable bonds is 8. The van der Waals surface area contributed by atoms with Gasteiger partial charge in [0.05, 0.1) is 13.2 Å². The summed E-state index contributed by atoms with van der Waals surface area (Å²) >= 11 is 0. The largest absolute Gasteiger partial charge is 0.497 e. The molecule has 0 spiro atoms. The number of amides is 2. The van der Waals surface area contributed by atoms with E-state index in [-0.39, 0.29) is 12.5 Å². The highest BCUT2D eigenvalue weighted by Crippen LogP contribution is 2.22. The van der Waals surface area contributed by atoms with Crippen LogP contribution in [0.2, 0.25) is 0 Å². The molecular formula is C23H22N2O5. The van der Waals surface area contributed by atoms with E-state index in [1.807, 2.05) is 0 Å². The number of methoxy groups -OCH3 is 1. The molecule has 0 aliphatic carbocycles. The molecule has 30 heavy (non-hydrogen) atoms. The lowest BCUT2D eigenvalue weighted by Crippen LogP contribution is -2.28. The van der Waals surface area contributed by atoms with Crippen LogP contribution in [0.15, 0.2) is 72.8 Å². The van der Waals surface area contributed by atoms with E-state index in [0.29, 0.717) is 33.9 Å². The van der Waals surface area contributed by atoms with Gasteiger partial charge in [-0.2, -0.15) is 0 Å². The minimum atomic E-state index is -0.828. The maximum absolute atomic E-state index is 12.3. The molecule has 7 nitrogen and oxygen atoms in total. The van der Waals surface area contributed by atoms with Gasteiger partial charge in [-0.05, 0) is 66.2 Å². The van der Waals surface area contributed by atoms with Crippen molar-refractivity contribution < 1.29 is 24.2 Å². The Hall–Kier alpha value is -3.84. The van der Waals surface area contributed by atoms with Gasteiger partial charge >= 0.3 is 0 Å². The second kappa shape index (κ2) is 9.58. The predicted octanol–water partition coefficient (Wildman–Crippen LogP) is 3.05. The summed E-state index contributed by atoms with van der Waals surface area (Å²) in [6.45, 7) is 0.0790. The Balaban J connectivity index is 1.54. The Morgan fingerprint density at radius 3 is 1.87 bits per heavy atom. The van der Waals surface area contributed by atoms with Gasteiger partial charge < -0.3 is 25.6 Å². The number of hydrogen-bond acceptors (Lipinski definition) is 5. The van der Waals surface area contributed by atoms with Crippen LogP contribution in [-0.2, 0) is 0 Å². The maximum Gasteiger partial charge on any atom is 0.251 e. The Morgan fingerprint density at radius 1 is 0.867 bits per heavy atom. The van der Waals surface area contributed by atoms with Crippen molar-refractivity contribution in [3.8, 4) is 17.2 Å². The van der Waals surface area contributed by atoms with Crippen molar-refractivity contribution in [3.05, 3.63) is 89.5 Å². The summed E-state index contributed by atoms with van der Waals surface area (Å²) < 4.78 is 10.8. The molecule has 1 atom stereocenters. The van der Waals surface area contributed by atoms with Crippen molar-refractivity contribution in [3.63, 3.8) is 0 Å². The molecular weight excluding hydrogens is 384 g/mol. The molecule has 0 aliphatic rings. The lowest BCUT2D eigenvalue weighted by Gasteiger charge is -2.13. The van der Waals surface area contributed by atoms with Crippen LogP contribution in [-0.4, -0.2) is 30.6 Å². The highest BCUT2D eigenvalue weighted by molar-refractivity contribution is 5.94. The number of nitrogens with two attached hydrogens (primary N) is 1. The first-order valence-corrected chi connectivity index (χ1v) is 9.24. The molecule has 0 heterocycles. The van der Waals surface area contributed by atoms with Crippen molar-refractivity contribution in [2.24, 2.45) is 5.73 Å². The van der Waals surface area contributed by atoms with Crippen LogP contribution in [0.1, 0.15) is 32.4 Å². The van der Waals surface area contributed by atoms with Gasteiger partial charge in [-0.15, -0.1) is 0 Å². The van der Waals surface area contributed by atoms with E-state index in [0.717, 1.165) is 0 Å². The van der Waals surface area contributed by atoms with Gasteiger partial charge in [-0.1, -0.05) is 12.1 Å². The number of carbonyl (C=O) groups is 2. The van der Waals surface area contributed by atoms with E-state index in [9.17, 15) is 14.7 Å². The first-order chi connectivity index (χ1) is 14.5. The van der Waals surface area contributed by atoms with E-state index in [1.165, 1.54) is 0 Å². The second-order valence-corrected chi connectivity index (χ2v) is 6.51. The summed E-state index contributed by atoms with van der Waals surface area (Å²) in [5, 5.41) is 12.9. The first kappa shape index (κ1) is 20.9. The Morgan fingerprint density at radius 2 is 1.37 bits per heavy atom. The summed E-state index contributed by atoms with van der Waals surface area (Å²) in [6, 6.07) is 20.0. The number of primary amides is 1. The topological polar surface area (TPSA) is 111 Å². The van der Waals surface area contributed by atoms with Crippen molar-refractivity contribution in [2.75, 3.05) is 13.7 Å². The minimum Gasteiger partial charge on any atom is -0.497 e. The quantitative estimate of drug-likeness (QED) is 0.532. The molecule has 0 aromatic heterocycles. The molecule has 3 aromatic carbocycles. The van der Waals surface area contributed by atoms with Crippen molar-refractivity contribution >= 4 is 11.8 Å². The fourth-order valence-corrected chi connectivity index (χ4v) is 2.73. The lowest BCUT2D eigenvalue weighted by atomic mass is 10.1. The lowest BCUT2D eigenvalue weighted by molar-refractivity contribution is 0.0915. The van der Waals surface area contributed by atoms with Crippen LogP contribution in [0, 0.1) is 0 Å². The SMILES string of the molecule is COc1ccc(C(O)CNC(=O)c2ccc(Oc3ccc(C(N)=O)cc3)cc2)cc1. The van der Waals surface area contributed by atoms with Gasteiger partial charge in [-0.3, -0.25) is 9.59 Å². The summed E-state index contributed by atoms with van der Waals surface area (Å²) in [7, 11) is 1.57. The zero-order valence-electron chi connectivity index (χ0n) is 16.4. The molecule has 0 aliphatic heterocycles. The van der Waals surface area contributed by atoms with Crippen molar-refractivity contribution in [1.82, 2.24) is 5.32 Å². The number of hydrogen-bond donors (Lipinski definition) is 3. The second-order valence-electron chi connectivity index (χ2n) is 6.51. The highest BCUT2D eigenvalue weighted by atomic mass is 16.5. The minimum absolute atomic E-state index is 0.0790. The molecule has 0 saturated carbocycles.